The van der Waals surface area contributed by atoms with Crippen molar-refractivity contribution < 1.29 is 18.0 Å². The largest absolute Gasteiger partial charge is 0.269 e. The predicted molar refractivity (Wildman–Crippen MR) is 92.9 cm³/mol. The number of anilines is 1. The van der Waals surface area contributed by atoms with Gasteiger partial charge >= 0.3 is 0 Å². The Morgan fingerprint density at radius 3 is 2.36 bits per heavy atom. The van der Waals surface area contributed by atoms with Crippen LogP contribution in [0.1, 0.15) is 45.5 Å². The Balaban J connectivity index is 1.71. The maximum atomic E-state index is 12.3. The van der Waals surface area contributed by atoms with Gasteiger partial charge in [0.1, 0.15) is 5.01 Å². The third-order valence-corrected chi connectivity index (χ3v) is 5.93. The SMILES string of the molecule is CCCCS(=O)(=O)Nc1nnc(CN2C(=O)c3ccccc3C2=O)s1. The van der Waals surface area contributed by atoms with Crippen molar-refractivity contribution in [2.45, 2.75) is 26.3 Å². The van der Waals surface area contributed by atoms with Crippen molar-refractivity contribution in [2.75, 3.05) is 10.5 Å². The maximum absolute atomic E-state index is 12.3. The smallest absolute Gasteiger partial charge is 0.261 e. The van der Waals surface area contributed by atoms with Crippen molar-refractivity contribution in [3.63, 3.8) is 0 Å². The molecule has 0 spiro atoms. The molecule has 2 aromatic rings. The summed E-state index contributed by atoms with van der Waals surface area (Å²) in [7, 11) is -3.47. The molecule has 1 aliphatic rings. The lowest BCUT2D eigenvalue weighted by atomic mass is 10.1. The van der Waals surface area contributed by atoms with E-state index >= 15 is 0 Å². The average molecular weight is 380 g/mol. The Hall–Kier alpha value is -2.33. The number of carbonyl (C=O) groups excluding carboxylic acids is 2. The van der Waals surface area contributed by atoms with E-state index in [-0.39, 0.29) is 29.2 Å². The second-order valence-corrected chi connectivity index (χ2v) is 8.42. The van der Waals surface area contributed by atoms with Gasteiger partial charge in [0.15, 0.2) is 0 Å². The van der Waals surface area contributed by atoms with Crippen LogP contribution in [-0.2, 0) is 16.6 Å². The van der Waals surface area contributed by atoms with Gasteiger partial charge in [-0.1, -0.05) is 36.8 Å². The first-order valence-electron chi connectivity index (χ1n) is 7.69. The minimum absolute atomic E-state index is 0.0107. The number of rotatable bonds is 7. The van der Waals surface area contributed by atoms with Crippen molar-refractivity contribution >= 4 is 38.3 Å². The van der Waals surface area contributed by atoms with Crippen LogP contribution in [0, 0.1) is 0 Å². The number of unbranched alkanes of at least 4 members (excludes halogenated alkanes) is 1. The lowest BCUT2D eigenvalue weighted by Gasteiger charge is -2.10. The van der Waals surface area contributed by atoms with Crippen molar-refractivity contribution in [1.82, 2.24) is 15.1 Å². The van der Waals surface area contributed by atoms with Gasteiger partial charge in [-0.15, -0.1) is 10.2 Å². The zero-order valence-electron chi connectivity index (χ0n) is 13.4. The summed E-state index contributed by atoms with van der Waals surface area (Å²) >= 11 is 1.00. The van der Waals surface area contributed by atoms with Crippen molar-refractivity contribution in [2.24, 2.45) is 0 Å². The van der Waals surface area contributed by atoms with Crippen LogP contribution >= 0.6 is 11.3 Å². The summed E-state index contributed by atoms with van der Waals surface area (Å²) in [5.41, 5.74) is 0.718. The number of aromatic nitrogens is 2. The average Bonchev–Trinajstić information content (AvgIpc) is 3.11. The summed E-state index contributed by atoms with van der Waals surface area (Å²) in [5, 5.41) is 8.16. The van der Waals surface area contributed by atoms with E-state index in [1.165, 1.54) is 0 Å². The molecule has 1 N–H and O–H groups in total. The van der Waals surface area contributed by atoms with Gasteiger partial charge in [-0.2, -0.15) is 0 Å². The molecule has 8 nitrogen and oxygen atoms in total. The number of nitrogens with zero attached hydrogens (tertiary/aromatic N) is 3. The second-order valence-electron chi connectivity index (χ2n) is 5.52. The summed E-state index contributed by atoms with van der Waals surface area (Å²) < 4.78 is 26.1. The van der Waals surface area contributed by atoms with Gasteiger partial charge in [-0.3, -0.25) is 19.2 Å². The van der Waals surface area contributed by atoms with Gasteiger partial charge in [-0.05, 0) is 18.6 Å². The summed E-state index contributed by atoms with van der Waals surface area (Å²) in [4.78, 5) is 25.7. The molecule has 132 valence electrons. The number of sulfonamides is 1. The number of carbonyl (C=O) groups is 2. The van der Waals surface area contributed by atoms with Gasteiger partial charge in [0.25, 0.3) is 11.8 Å². The summed E-state index contributed by atoms with van der Waals surface area (Å²) in [5.74, 6) is -0.765. The third-order valence-electron chi connectivity index (χ3n) is 3.65. The summed E-state index contributed by atoms with van der Waals surface area (Å²) in [6.45, 7) is 1.86. The zero-order valence-corrected chi connectivity index (χ0v) is 15.1. The number of nitrogens with one attached hydrogen (secondary N) is 1. The number of imide groups is 1. The number of benzene rings is 1. The molecule has 0 bridgehead atoms. The molecule has 0 saturated carbocycles. The normalized spacial score (nSPS) is 14.0. The predicted octanol–water partition coefficient (Wildman–Crippen LogP) is 1.88. The molecule has 10 heteroatoms. The lowest BCUT2D eigenvalue weighted by molar-refractivity contribution is 0.0642. The molecule has 1 aliphatic heterocycles. The highest BCUT2D eigenvalue weighted by Gasteiger charge is 2.35. The quantitative estimate of drug-likeness (QED) is 0.735. The van der Waals surface area contributed by atoms with E-state index in [9.17, 15) is 18.0 Å². The molecular weight excluding hydrogens is 364 g/mol. The fraction of sp³-hybridized carbons (Fsp3) is 0.333. The molecule has 0 unspecified atom stereocenters. The minimum atomic E-state index is -3.47. The molecule has 25 heavy (non-hydrogen) atoms. The molecule has 1 aromatic heterocycles. The van der Waals surface area contributed by atoms with Crippen LogP contribution in [0.3, 0.4) is 0 Å². The van der Waals surface area contributed by atoms with Crippen molar-refractivity contribution in [3.8, 4) is 0 Å². The van der Waals surface area contributed by atoms with Crippen molar-refractivity contribution in [1.29, 1.82) is 0 Å². The topological polar surface area (TPSA) is 109 Å². The zero-order chi connectivity index (χ0) is 18.0. The van der Waals surface area contributed by atoms with E-state index < -0.39 is 10.0 Å². The van der Waals surface area contributed by atoms with E-state index in [0.717, 1.165) is 22.7 Å². The fourth-order valence-corrected chi connectivity index (χ4v) is 4.60. The summed E-state index contributed by atoms with van der Waals surface area (Å²) in [6.07, 6.45) is 1.32. The summed E-state index contributed by atoms with van der Waals surface area (Å²) in [6, 6.07) is 6.59. The first-order valence-corrected chi connectivity index (χ1v) is 10.2. The first kappa shape index (κ1) is 17.5. The van der Waals surface area contributed by atoms with Crippen LogP contribution in [0.2, 0.25) is 0 Å². The highest BCUT2D eigenvalue weighted by Crippen LogP contribution is 2.26. The molecule has 0 saturated heterocycles. The van der Waals surface area contributed by atoms with Crippen LogP contribution in [0.4, 0.5) is 5.13 Å². The van der Waals surface area contributed by atoms with E-state index in [2.05, 4.69) is 14.9 Å². The third kappa shape index (κ3) is 3.69. The van der Waals surface area contributed by atoms with Gasteiger partial charge in [0.05, 0.1) is 23.4 Å². The molecule has 2 heterocycles. The Bertz CT molecular complexity index is 888. The van der Waals surface area contributed by atoms with E-state index in [1.807, 2.05) is 6.92 Å². The molecule has 0 aliphatic carbocycles. The number of fused-ring (bicyclic) bond motifs is 1. The minimum Gasteiger partial charge on any atom is -0.269 e. The van der Waals surface area contributed by atoms with Crippen LogP contribution in [0.15, 0.2) is 24.3 Å². The van der Waals surface area contributed by atoms with Crippen LogP contribution in [0.25, 0.3) is 0 Å². The monoisotopic (exact) mass is 380 g/mol. The molecule has 0 fully saturated rings. The number of hydrogen-bond donors (Lipinski definition) is 1. The number of hydrogen-bond acceptors (Lipinski definition) is 7. The van der Waals surface area contributed by atoms with Crippen molar-refractivity contribution in [3.05, 3.63) is 40.4 Å². The Kier molecular flexibility index (Phi) is 4.82. The van der Waals surface area contributed by atoms with Crippen LogP contribution < -0.4 is 4.72 Å². The Morgan fingerprint density at radius 2 is 1.76 bits per heavy atom. The highest BCUT2D eigenvalue weighted by atomic mass is 32.2. The molecule has 0 atom stereocenters. The number of amides is 2. The van der Waals surface area contributed by atoms with E-state index in [0.29, 0.717) is 22.6 Å². The molecule has 0 radical (unpaired) electrons. The standard InChI is InChI=1S/C15H16N4O4S2/c1-2-3-8-25(22,23)18-15-17-16-12(24-15)9-19-13(20)10-6-4-5-7-11(10)14(19)21/h4-7H,2-3,8-9H2,1H3,(H,17,18). The van der Waals surface area contributed by atoms with Gasteiger partial charge in [-0.25, -0.2) is 8.42 Å². The van der Waals surface area contributed by atoms with Crippen LogP contribution in [-0.4, -0.2) is 41.1 Å². The molecule has 1 aromatic carbocycles. The first-order chi connectivity index (χ1) is 11.9. The van der Waals surface area contributed by atoms with Gasteiger partial charge < -0.3 is 0 Å². The molecular formula is C15H16N4O4S2. The van der Waals surface area contributed by atoms with Gasteiger partial charge in [0, 0.05) is 0 Å². The maximum Gasteiger partial charge on any atom is 0.261 e. The Labute approximate surface area is 148 Å². The van der Waals surface area contributed by atoms with Gasteiger partial charge in [0.2, 0.25) is 15.2 Å². The van der Waals surface area contributed by atoms with E-state index in [1.54, 1.807) is 24.3 Å². The van der Waals surface area contributed by atoms with E-state index in [4.69, 9.17) is 0 Å². The highest BCUT2D eigenvalue weighted by molar-refractivity contribution is 7.92. The van der Waals surface area contributed by atoms with Crippen LogP contribution in [0.5, 0.6) is 0 Å². The fourth-order valence-electron chi connectivity index (χ4n) is 2.40. The molecule has 3 rings (SSSR count). The Morgan fingerprint density at radius 1 is 1.12 bits per heavy atom. The second kappa shape index (κ2) is 6.89. The molecule has 2 amide bonds. The lowest BCUT2D eigenvalue weighted by Crippen LogP contribution is -2.29.